The van der Waals surface area contributed by atoms with Gasteiger partial charge in [0.15, 0.2) is 0 Å². The number of carbonyl (C=O) groups excluding carboxylic acids is 1. The van der Waals surface area contributed by atoms with Crippen LogP contribution >= 0.6 is 0 Å². The third-order valence-corrected chi connectivity index (χ3v) is 5.26. The van der Waals surface area contributed by atoms with Crippen molar-refractivity contribution in [3.63, 3.8) is 0 Å². The van der Waals surface area contributed by atoms with Gasteiger partial charge in [0.2, 0.25) is 15.9 Å². The third-order valence-electron chi connectivity index (χ3n) is 3.90. The normalized spacial score (nSPS) is 19.7. The summed E-state index contributed by atoms with van der Waals surface area (Å²) >= 11 is 0. The highest BCUT2D eigenvalue weighted by molar-refractivity contribution is 7.89. The minimum absolute atomic E-state index is 0.0943. The van der Waals surface area contributed by atoms with Crippen LogP contribution in [-0.4, -0.2) is 40.2 Å². The van der Waals surface area contributed by atoms with E-state index in [4.69, 9.17) is 5.73 Å². The average Bonchev–Trinajstić information content (AvgIpc) is 2.64. The van der Waals surface area contributed by atoms with E-state index in [0.29, 0.717) is 6.54 Å². The van der Waals surface area contributed by atoms with Crippen LogP contribution in [0.4, 0.5) is 0 Å². The molecule has 0 aromatic carbocycles. The second-order valence-electron chi connectivity index (χ2n) is 5.18. The molecule has 4 N–H and O–H groups in total. The molecule has 0 aromatic heterocycles. The summed E-state index contributed by atoms with van der Waals surface area (Å²) < 4.78 is 24.8. The average molecular weight is 291 g/mol. The fourth-order valence-corrected chi connectivity index (χ4v) is 3.09. The van der Waals surface area contributed by atoms with Gasteiger partial charge in [-0.2, -0.15) is 0 Å². The molecule has 1 aliphatic carbocycles. The molecule has 1 rings (SSSR count). The summed E-state index contributed by atoms with van der Waals surface area (Å²) in [7, 11) is -1.91. The number of amides is 1. The molecule has 1 fully saturated rings. The summed E-state index contributed by atoms with van der Waals surface area (Å²) in [6.45, 7) is 0.460. The maximum absolute atomic E-state index is 12.3. The van der Waals surface area contributed by atoms with Crippen LogP contribution in [0.15, 0.2) is 0 Å². The molecule has 7 heteroatoms. The molecule has 1 saturated carbocycles. The Morgan fingerprint density at radius 1 is 1.21 bits per heavy atom. The Balaban J connectivity index is 2.54. The zero-order valence-corrected chi connectivity index (χ0v) is 12.4. The van der Waals surface area contributed by atoms with Crippen molar-refractivity contribution >= 4 is 15.9 Å². The first-order valence-electron chi connectivity index (χ1n) is 6.85. The number of nitrogens with one attached hydrogen (secondary N) is 2. The summed E-state index contributed by atoms with van der Waals surface area (Å²) in [5.74, 6) is -0.196. The van der Waals surface area contributed by atoms with Crippen LogP contribution in [0.5, 0.6) is 0 Å². The first-order chi connectivity index (χ1) is 8.96. The van der Waals surface area contributed by atoms with Gasteiger partial charge in [-0.1, -0.05) is 25.7 Å². The third kappa shape index (κ3) is 4.74. The SMILES string of the molecule is CNS(=O)(=O)CCNC(=O)C1(CN)CCCCCC1. The zero-order valence-electron chi connectivity index (χ0n) is 11.6. The predicted molar refractivity (Wildman–Crippen MR) is 75.0 cm³/mol. The van der Waals surface area contributed by atoms with E-state index in [0.717, 1.165) is 38.5 Å². The van der Waals surface area contributed by atoms with E-state index < -0.39 is 15.4 Å². The Hall–Kier alpha value is -0.660. The number of nitrogens with two attached hydrogens (primary N) is 1. The summed E-state index contributed by atoms with van der Waals surface area (Å²) in [6.07, 6.45) is 5.91. The minimum Gasteiger partial charge on any atom is -0.355 e. The Labute approximate surface area is 115 Å². The lowest BCUT2D eigenvalue weighted by Gasteiger charge is -2.29. The Bertz CT molecular complexity index is 387. The van der Waals surface area contributed by atoms with E-state index in [1.54, 1.807) is 0 Å². The Kier molecular flexibility index (Phi) is 6.22. The number of sulfonamides is 1. The van der Waals surface area contributed by atoms with Crippen molar-refractivity contribution in [2.45, 2.75) is 38.5 Å². The van der Waals surface area contributed by atoms with Crippen LogP contribution in [0, 0.1) is 5.41 Å². The molecule has 0 atom stereocenters. The second-order valence-corrected chi connectivity index (χ2v) is 7.22. The smallest absolute Gasteiger partial charge is 0.227 e. The van der Waals surface area contributed by atoms with E-state index in [9.17, 15) is 13.2 Å². The van der Waals surface area contributed by atoms with Gasteiger partial charge in [0.05, 0.1) is 11.2 Å². The molecule has 0 spiro atoms. The lowest BCUT2D eigenvalue weighted by atomic mass is 9.79. The number of rotatable bonds is 6. The maximum atomic E-state index is 12.3. The standard InChI is InChI=1S/C12H25N3O3S/c1-14-19(17,18)9-8-15-11(16)12(10-13)6-4-2-3-5-7-12/h14H,2-10,13H2,1H3,(H,15,16). The van der Waals surface area contributed by atoms with Gasteiger partial charge < -0.3 is 11.1 Å². The van der Waals surface area contributed by atoms with E-state index in [1.165, 1.54) is 7.05 Å². The van der Waals surface area contributed by atoms with Crippen molar-refractivity contribution < 1.29 is 13.2 Å². The molecule has 112 valence electrons. The molecule has 0 saturated heterocycles. The van der Waals surface area contributed by atoms with Crippen LogP contribution in [0.3, 0.4) is 0 Å². The number of hydrogen-bond donors (Lipinski definition) is 3. The minimum atomic E-state index is -3.28. The van der Waals surface area contributed by atoms with Crippen molar-refractivity contribution in [3.8, 4) is 0 Å². The van der Waals surface area contributed by atoms with Crippen LogP contribution < -0.4 is 15.8 Å². The lowest BCUT2D eigenvalue weighted by Crippen LogP contribution is -2.47. The summed E-state index contributed by atoms with van der Waals surface area (Å²) in [6, 6.07) is 0. The Morgan fingerprint density at radius 2 is 1.79 bits per heavy atom. The lowest BCUT2D eigenvalue weighted by molar-refractivity contribution is -0.131. The van der Waals surface area contributed by atoms with E-state index in [1.807, 2.05) is 0 Å². The van der Waals surface area contributed by atoms with Crippen molar-refractivity contribution in [3.05, 3.63) is 0 Å². The van der Waals surface area contributed by atoms with Crippen LogP contribution in [-0.2, 0) is 14.8 Å². The van der Waals surface area contributed by atoms with E-state index >= 15 is 0 Å². The number of hydrogen-bond acceptors (Lipinski definition) is 4. The first kappa shape index (κ1) is 16.4. The molecular formula is C12H25N3O3S. The number of carbonyl (C=O) groups is 1. The molecule has 19 heavy (non-hydrogen) atoms. The quantitative estimate of drug-likeness (QED) is 0.597. The highest BCUT2D eigenvalue weighted by Crippen LogP contribution is 2.34. The van der Waals surface area contributed by atoms with Crippen molar-refractivity contribution in [2.75, 3.05) is 25.9 Å². The second kappa shape index (κ2) is 7.21. The summed E-state index contributed by atoms with van der Waals surface area (Å²) in [5, 5.41) is 2.72. The van der Waals surface area contributed by atoms with Gasteiger partial charge in [-0.25, -0.2) is 13.1 Å². The van der Waals surface area contributed by atoms with Crippen LogP contribution in [0.2, 0.25) is 0 Å². The highest BCUT2D eigenvalue weighted by atomic mass is 32.2. The van der Waals surface area contributed by atoms with Crippen molar-refractivity contribution in [2.24, 2.45) is 11.1 Å². The molecule has 6 nitrogen and oxygen atoms in total. The van der Waals surface area contributed by atoms with Gasteiger partial charge in [0.25, 0.3) is 0 Å². The van der Waals surface area contributed by atoms with E-state index in [2.05, 4.69) is 10.0 Å². The first-order valence-corrected chi connectivity index (χ1v) is 8.50. The summed E-state index contributed by atoms with van der Waals surface area (Å²) in [4.78, 5) is 12.3. The van der Waals surface area contributed by atoms with Crippen molar-refractivity contribution in [1.29, 1.82) is 0 Å². The zero-order chi connectivity index (χ0) is 14.4. The van der Waals surface area contributed by atoms with Gasteiger partial charge in [0, 0.05) is 13.1 Å². The largest absolute Gasteiger partial charge is 0.355 e. The van der Waals surface area contributed by atoms with Crippen LogP contribution in [0.25, 0.3) is 0 Å². The molecule has 0 unspecified atom stereocenters. The topological polar surface area (TPSA) is 101 Å². The maximum Gasteiger partial charge on any atom is 0.227 e. The van der Waals surface area contributed by atoms with Crippen LogP contribution in [0.1, 0.15) is 38.5 Å². The van der Waals surface area contributed by atoms with Crippen molar-refractivity contribution in [1.82, 2.24) is 10.0 Å². The highest BCUT2D eigenvalue weighted by Gasteiger charge is 2.36. The molecule has 0 aliphatic heterocycles. The predicted octanol–water partition coefficient (Wildman–Crippen LogP) is -0.0489. The molecule has 0 radical (unpaired) electrons. The molecule has 0 aromatic rings. The van der Waals surface area contributed by atoms with Gasteiger partial charge in [-0.05, 0) is 19.9 Å². The Morgan fingerprint density at radius 3 is 2.26 bits per heavy atom. The fourth-order valence-electron chi connectivity index (χ4n) is 2.52. The fraction of sp³-hybridized carbons (Fsp3) is 0.917. The molecule has 1 aliphatic rings. The molecule has 0 heterocycles. The molecule has 1 amide bonds. The monoisotopic (exact) mass is 291 g/mol. The van der Waals surface area contributed by atoms with Gasteiger partial charge in [-0.15, -0.1) is 0 Å². The van der Waals surface area contributed by atoms with Gasteiger partial charge in [0.1, 0.15) is 0 Å². The van der Waals surface area contributed by atoms with Gasteiger partial charge in [-0.3, -0.25) is 4.79 Å². The van der Waals surface area contributed by atoms with Gasteiger partial charge >= 0.3 is 0 Å². The molecular weight excluding hydrogens is 266 g/mol. The molecule has 0 bridgehead atoms. The van der Waals surface area contributed by atoms with E-state index in [-0.39, 0.29) is 18.2 Å². The summed E-state index contributed by atoms with van der Waals surface area (Å²) in [5.41, 5.74) is 5.30.